The predicted octanol–water partition coefficient (Wildman–Crippen LogP) is 4.19. The minimum Gasteiger partial charge on any atom is -0.381 e. The molecule has 4 nitrogen and oxygen atoms in total. The van der Waals surface area contributed by atoms with Crippen molar-refractivity contribution in [2.75, 3.05) is 38.6 Å². The third-order valence-corrected chi connectivity index (χ3v) is 7.00. The molecule has 2 fully saturated rings. The highest BCUT2D eigenvalue weighted by Crippen LogP contribution is 2.47. The molecular formula is C21H34IN3OS. The second-order valence-electron chi connectivity index (χ2n) is 7.42. The van der Waals surface area contributed by atoms with Crippen LogP contribution in [-0.2, 0) is 10.2 Å². The van der Waals surface area contributed by atoms with Crippen molar-refractivity contribution >= 4 is 41.7 Å². The van der Waals surface area contributed by atoms with Gasteiger partial charge in [-0.3, -0.25) is 4.99 Å². The molecule has 152 valence electrons. The molecule has 2 N–H and O–H groups in total. The minimum absolute atomic E-state index is 0. The second-order valence-corrected chi connectivity index (χ2v) is 9.16. The van der Waals surface area contributed by atoms with Gasteiger partial charge in [0.2, 0.25) is 0 Å². The summed E-state index contributed by atoms with van der Waals surface area (Å²) in [6, 6.07) is 10.9. The van der Waals surface area contributed by atoms with E-state index in [2.05, 4.69) is 54.8 Å². The van der Waals surface area contributed by atoms with Crippen LogP contribution in [0.3, 0.4) is 0 Å². The molecule has 1 saturated carbocycles. The average Bonchev–Trinajstić information content (AvgIpc) is 3.47. The number of halogens is 1. The summed E-state index contributed by atoms with van der Waals surface area (Å²) in [6.07, 6.45) is 4.72. The zero-order valence-electron chi connectivity index (χ0n) is 16.6. The molecule has 3 rings (SSSR count). The molecule has 6 heteroatoms. The van der Waals surface area contributed by atoms with Crippen LogP contribution in [0.5, 0.6) is 0 Å². The van der Waals surface area contributed by atoms with E-state index in [-0.39, 0.29) is 28.7 Å². The van der Waals surface area contributed by atoms with E-state index in [9.17, 15) is 0 Å². The van der Waals surface area contributed by atoms with Gasteiger partial charge in [0, 0.05) is 36.5 Å². The van der Waals surface area contributed by atoms with Crippen LogP contribution in [0, 0.1) is 0 Å². The lowest BCUT2D eigenvalue weighted by atomic mass is 9.96. The first kappa shape index (κ1) is 22.8. The van der Waals surface area contributed by atoms with Gasteiger partial charge in [-0.05, 0) is 43.9 Å². The number of guanidine groups is 1. The van der Waals surface area contributed by atoms with Crippen molar-refractivity contribution < 1.29 is 4.74 Å². The standard InChI is InChI=1S/C21H33N3OS.HI/c1-3-22-19(24-17-21(26-4-2)12-14-25-15-13-21)23-16-20(10-11-20)18-8-6-5-7-9-18;/h5-9H,3-4,10-17H2,1-2H3,(H2,22,23,24);1H. The van der Waals surface area contributed by atoms with Gasteiger partial charge in [0.05, 0.1) is 6.54 Å². The number of hydrogen-bond acceptors (Lipinski definition) is 3. The fourth-order valence-corrected chi connectivity index (χ4v) is 4.95. The van der Waals surface area contributed by atoms with E-state index in [0.29, 0.717) is 5.41 Å². The Hall–Kier alpha value is -0.470. The Morgan fingerprint density at radius 1 is 1.07 bits per heavy atom. The smallest absolute Gasteiger partial charge is 0.191 e. The number of nitrogens with one attached hydrogen (secondary N) is 2. The normalized spacial score (nSPS) is 20.4. The summed E-state index contributed by atoms with van der Waals surface area (Å²) < 4.78 is 5.82. The molecular weight excluding hydrogens is 469 g/mol. The maximum absolute atomic E-state index is 5.58. The number of rotatable bonds is 8. The number of benzene rings is 1. The van der Waals surface area contributed by atoms with Crippen molar-refractivity contribution in [1.82, 2.24) is 10.6 Å². The van der Waals surface area contributed by atoms with Crippen LogP contribution >= 0.6 is 35.7 Å². The highest BCUT2D eigenvalue weighted by Gasteiger charge is 2.44. The zero-order valence-corrected chi connectivity index (χ0v) is 19.8. The Bertz CT molecular complexity index is 581. The molecule has 1 heterocycles. The second kappa shape index (κ2) is 10.9. The van der Waals surface area contributed by atoms with Crippen LogP contribution in [0.1, 0.15) is 45.1 Å². The third-order valence-electron chi connectivity index (χ3n) is 5.56. The van der Waals surface area contributed by atoms with Gasteiger partial charge < -0.3 is 15.4 Å². The number of hydrogen-bond donors (Lipinski definition) is 2. The van der Waals surface area contributed by atoms with Gasteiger partial charge >= 0.3 is 0 Å². The predicted molar refractivity (Wildman–Crippen MR) is 128 cm³/mol. The van der Waals surface area contributed by atoms with Crippen LogP contribution in [0.15, 0.2) is 35.3 Å². The minimum atomic E-state index is 0. The molecule has 2 aliphatic rings. The van der Waals surface area contributed by atoms with E-state index in [4.69, 9.17) is 9.73 Å². The van der Waals surface area contributed by atoms with Crippen molar-refractivity contribution in [3.63, 3.8) is 0 Å². The molecule has 1 saturated heterocycles. The lowest BCUT2D eigenvalue weighted by molar-refractivity contribution is 0.0793. The Morgan fingerprint density at radius 2 is 1.78 bits per heavy atom. The molecule has 0 amide bonds. The topological polar surface area (TPSA) is 45.7 Å². The summed E-state index contributed by atoms with van der Waals surface area (Å²) in [7, 11) is 0. The molecule has 27 heavy (non-hydrogen) atoms. The van der Waals surface area contributed by atoms with Gasteiger partial charge in [-0.25, -0.2) is 0 Å². The Morgan fingerprint density at radius 3 is 2.37 bits per heavy atom. The summed E-state index contributed by atoms with van der Waals surface area (Å²) in [5, 5.41) is 7.05. The highest BCUT2D eigenvalue weighted by atomic mass is 127. The molecule has 1 aromatic rings. The van der Waals surface area contributed by atoms with E-state index in [1.807, 2.05) is 11.8 Å². The summed E-state index contributed by atoms with van der Waals surface area (Å²) >= 11 is 2.05. The van der Waals surface area contributed by atoms with Crippen LogP contribution in [0.4, 0.5) is 0 Å². The molecule has 0 radical (unpaired) electrons. The van der Waals surface area contributed by atoms with E-state index in [0.717, 1.165) is 57.4 Å². The van der Waals surface area contributed by atoms with E-state index >= 15 is 0 Å². The van der Waals surface area contributed by atoms with Gasteiger partial charge in [0.15, 0.2) is 5.96 Å². The van der Waals surface area contributed by atoms with Crippen molar-refractivity contribution in [3.05, 3.63) is 35.9 Å². The summed E-state index contributed by atoms with van der Waals surface area (Å²) in [6.45, 7) is 8.81. The molecule has 0 atom stereocenters. The maximum Gasteiger partial charge on any atom is 0.191 e. The molecule has 0 spiro atoms. The van der Waals surface area contributed by atoms with Crippen LogP contribution < -0.4 is 10.6 Å². The molecule has 0 aromatic heterocycles. The fourth-order valence-electron chi connectivity index (χ4n) is 3.73. The fraction of sp³-hybridized carbons (Fsp3) is 0.667. The average molecular weight is 503 g/mol. The molecule has 1 aromatic carbocycles. The first-order chi connectivity index (χ1) is 12.7. The van der Waals surface area contributed by atoms with E-state index in [1.54, 1.807) is 0 Å². The van der Waals surface area contributed by atoms with Crippen molar-refractivity contribution in [1.29, 1.82) is 0 Å². The first-order valence-corrected chi connectivity index (χ1v) is 11.0. The quantitative estimate of drug-likeness (QED) is 0.317. The van der Waals surface area contributed by atoms with Crippen LogP contribution in [-0.4, -0.2) is 49.3 Å². The van der Waals surface area contributed by atoms with Crippen molar-refractivity contribution in [3.8, 4) is 0 Å². The molecule has 0 bridgehead atoms. The maximum atomic E-state index is 5.58. The Labute approximate surface area is 185 Å². The third kappa shape index (κ3) is 6.26. The van der Waals surface area contributed by atoms with Crippen molar-refractivity contribution in [2.24, 2.45) is 4.99 Å². The Balaban J connectivity index is 0.00000261. The summed E-state index contributed by atoms with van der Waals surface area (Å²) in [5.74, 6) is 2.09. The first-order valence-electron chi connectivity index (χ1n) is 10.0. The van der Waals surface area contributed by atoms with Gasteiger partial charge in [-0.2, -0.15) is 11.8 Å². The molecule has 0 unspecified atom stereocenters. The van der Waals surface area contributed by atoms with Crippen LogP contribution in [0.2, 0.25) is 0 Å². The Kier molecular flexibility index (Phi) is 9.22. The molecule has 1 aliphatic heterocycles. The number of aliphatic imine (C=N–C) groups is 1. The number of thioether (sulfide) groups is 1. The largest absolute Gasteiger partial charge is 0.381 e. The number of nitrogens with zero attached hydrogens (tertiary/aromatic N) is 1. The summed E-state index contributed by atoms with van der Waals surface area (Å²) in [4.78, 5) is 4.97. The van der Waals surface area contributed by atoms with Gasteiger partial charge in [0.25, 0.3) is 0 Å². The number of ether oxygens (including phenoxy) is 1. The van der Waals surface area contributed by atoms with E-state index < -0.39 is 0 Å². The summed E-state index contributed by atoms with van der Waals surface area (Å²) in [5.41, 5.74) is 1.75. The lowest BCUT2D eigenvalue weighted by Gasteiger charge is -2.35. The monoisotopic (exact) mass is 503 g/mol. The van der Waals surface area contributed by atoms with Crippen molar-refractivity contribution in [2.45, 2.75) is 49.7 Å². The highest BCUT2D eigenvalue weighted by molar-refractivity contribution is 14.0. The SMILES string of the molecule is CCNC(=NCC1(SCC)CCOCC1)NCC1(c2ccccc2)CC1.I. The van der Waals surface area contributed by atoms with Crippen LogP contribution in [0.25, 0.3) is 0 Å². The van der Waals surface area contributed by atoms with E-state index in [1.165, 1.54) is 18.4 Å². The molecule has 1 aliphatic carbocycles. The van der Waals surface area contributed by atoms with Gasteiger partial charge in [-0.15, -0.1) is 24.0 Å². The zero-order chi connectivity index (χ0) is 18.3. The van der Waals surface area contributed by atoms with Gasteiger partial charge in [-0.1, -0.05) is 37.3 Å². The lowest BCUT2D eigenvalue weighted by Crippen LogP contribution is -2.43. The van der Waals surface area contributed by atoms with Gasteiger partial charge in [0.1, 0.15) is 0 Å².